The number of amides is 2. The van der Waals surface area contributed by atoms with Gasteiger partial charge in [0.15, 0.2) is 0 Å². The monoisotopic (exact) mass is 435 g/mol. The average molecular weight is 436 g/mol. The highest BCUT2D eigenvalue weighted by Crippen LogP contribution is 2.24. The van der Waals surface area contributed by atoms with E-state index >= 15 is 0 Å². The molecular formula is C21H30BrN3O2. The molecule has 2 heterocycles. The van der Waals surface area contributed by atoms with Crippen LogP contribution in [0.4, 0.5) is 0 Å². The summed E-state index contributed by atoms with van der Waals surface area (Å²) in [6.45, 7) is 10.8. The van der Waals surface area contributed by atoms with E-state index in [0.717, 1.165) is 49.9 Å². The molecule has 2 aliphatic rings. The van der Waals surface area contributed by atoms with Gasteiger partial charge < -0.3 is 9.80 Å². The fraction of sp³-hybridized carbons (Fsp3) is 0.619. The second-order valence-corrected chi connectivity index (χ2v) is 9.42. The Morgan fingerprint density at radius 1 is 0.963 bits per heavy atom. The lowest BCUT2D eigenvalue weighted by Crippen LogP contribution is -2.49. The standard InChI is InChI=1S/C21H30BrN3O2/c1-21(2,3)24-12-5-11-23(14-15-24)20(27)18-6-4-13-25(18)19(26)16-7-9-17(22)10-8-16/h7-10,18H,4-6,11-15H2,1-3H3. The molecule has 5 nitrogen and oxygen atoms in total. The number of likely N-dealkylation sites (tertiary alicyclic amines) is 1. The molecule has 27 heavy (non-hydrogen) atoms. The number of hydrogen-bond donors (Lipinski definition) is 0. The third-order valence-corrected chi connectivity index (χ3v) is 6.17. The van der Waals surface area contributed by atoms with E-state index < -0.39 is 0 Å². The fourth-order valence-corrected chi connectivity index (χ4v) is 4.31. The van der Waals surface area contributed by atoms with Gasteiger partial charge >= 0.3 is 0 Å². The van der Waals surface area contributed by atoms with Gasteiger partial charge in [0.05, 0.1) is 0 Å². The zero-order valence-corrected chi connectivity index (χ0v) is 18.2. The van der Waals surface area contributed by atoms with Crippen LogP contribution in [0.1, 0.15) is 50.4 Å². The first-order valence-electron chi connectivity index (χ1n) is 9.88. The van der Waals surface area contributed by atoms with E-state index in [1.807, 2.05) is 29.2 Å². The molecule has 0 aliphatic carbocycles. The Labute approximate surface area is 170 Å². The molecular weight excluding hydrogens is 406 g/mol. The van der Waals surface area contributed by atoms with E-state index in [-0.39, 0.29) is 23.4 Å². The maximum Gasteiger partial charge on any atom is 0.254 e. The smallest absolute Gasteiger partial charge is 0.254 e. The summed E-state index contributed by atoms with van der Waals surface area (Å²) in [5, 5.41) is 0. The van der Waals surface area contributed by atoms with Crippen LogP contribution in [0.15, 0.2) is 28.7 Å². The quantitative estimate of drug-likeness (QED) is 0.714. The minimum atomic E-state index is -0.317. The van der Waals surface area contributed by atoms with Crippen molar-refractivity contribution in [3.8, 4) is 0 Å². The van der Waals surface area contributed by atoms with Crippen LogP contribution in [-0.4, -0.2) is 70.8 Å². The molecule has 0 N–H and O–H groups in total. The van der Waals surface area contributed by atoms with Gasteiger partial charge in [-0.2, -0.15) is 0 Å². The van der Waals surface area contributed by atoms with Crippen LogP contribution in [-0.2, 0) is 4.79 Å². The van der Waals surface area contributed by atoms with Gasteiger partial charge in [-0.3, -0.25) is 14.5 Å². The SMILES string of the molecule is CC(C)(C)N1CCCN(C(=O)C2CCCN2C(=O)c2ccc(Br)cc2)CC1. The Morgan fingerprint density at radius 2 is 1.67 bits per heavy atom. The van der Waals surface area contributed by atoms with Crippen molar-refractivity contribution in [2.75, 3.05) is 32.7 Å². The van der Waals surface area contributed by atoms with Crippen molar-refractivity contribution >= 4 is 27.7 Å². The summed E-state index contributed by atoms with van der Waals surface area (Å²) in [7, 11) is 0. The summed E-state index contributed by atoms with van der Waals surface area (Å²) < 4.78 is 0.945. The molecule has 2 saturated heterocycles. The number of nitrogens with zero attached hydrogens (tertiary/aromatic N) is 3. The molecule has 2 amide bonds. The highest BCUT2D eigenvalue weighted by Gasteiger charge is 2.37. The van der Waals surface area contributed by atoms with Crippen molar-refractivity contribution in [3.05, 3.63) is 34.3 Å². The maximum atomic E-state index is 13.2. The molecule has 148 valence electrons. The van der Waals surface area contributed by atoms with E-state index in [4.69, 9.17) is 0 Å². The summed E-state index contributed by atoms with van der Waals surface area (Å²) >= 11 is 3.40. The van der Waals surface area contributed by atoms with E-state index in [0.29, 0.717) is 12.1 Å². The van der Waals surface area contributed by atoms with Gasteiger partial charge in [0.25, 0.3) is 5.91 Å². The summed E-state index contributed by atoms with van der Waals surface area (Å²) in [4.78, 5) is 32.4. The highest BCUT2D eigenvalue weighted by molar-refractivity contribution is 9.10. The van der Waals surface area contributed by atoms with Crippen LogP contribution in [0.25, 0.3) is 0 Å². The second kappa shape index (κ2) is 8.31. The molecule has 0 aromatic heterocycles. The summed E-state index contributed by atoms with van der Waals surface area (Å²) in [5.74, 6) is 0.0817. The van der Waals surface area contributed by atoms with Gasteiger partial charge in [-0.05, 0) is 64.3 Å². The number of rotatable bonds is 2. The van der Waals surface area contributed by atoms with Crippen molar-refractivity contribution in [2.45, 2.75) is 51.6 Å². The van der Waals surface area contributed by atoms with Gasteiger partial charge in [0.1, 0.15) is 6.04 Å². The molecule has 1 aromatic carbocycles. The molecule has 1 atom stereocenters. The van der Waals surface area contributed by atoms with Crippen molar-refractivity contribution < 1.29 is 9.59 Å². The molecule has 0 radical (unpaired) electrons. The Hall–Kier alpha value is -1.40. The van der Waals surface area contributed by atoms with Gasteiger partial charge in [-0.25, -0.2) is 0 Å². The molecule has 1 unspecified atom stereocenters. The number of carbonyl (C=O) groups excluding carboxylic acids is 2. The average Bonchev–Trinajstić information content (AvgIpc) is 2.96. The third-order valence-electron chi connectivity index (χ3n) is 5.65. The van der Waals surface area contributed by atoms with Crippen LogP contribution >= 0.6 is 15.9 Å². The van der Waals surface area contributed by atoms with Crippen LogP contribution in [0.2, 0.25) is 0 Å². The lowest BCUT2D eigenvalue weighted by atomic mass is 10.1. The van der Waals surface area contributed by atoms with E-state index in [2.05, 4.69) is 41.6 Å². The minimum Gasteiger partial charge on any atom is -0.340 e. The first-order valence-corrected chi connectivity index (χ1v) is 10.7. The molecule has 6 heteroatoms. The van der Waals surface area contributed by atoms with E-state index in [1.54, 1.807) is 4.90 Å². The first kappa shape index (κ1) is 20.3. The molecule has 0 saturated carbocycles. The van der Waals surface area contributed by atoms with Crippen LogP contribution in [0.3, 0.4) is 0 Å². The topological polar surface area (TPSA) is 43.9 Å². The zero-order chi connectivity index (χ0) is 19.6. The Morgan fingerprint density at radius 3 is 2.33 bits per heavy atom. The van der Waals surface area contributed by atoms with Gasteiger partial charge in [-0.15, -0.1) is 0 Å². The molecule has 2 fully saturated rings. The Balaban J connectivity index is 1.68. The van der Waals surface area contributed by atoms with Crippen LogP contribution < -0.4 is 0 Å². The first-order chi connectivity index (χ1) is 12.8. The fourth-order valence-electron chi connectivity index (χ4n) is 4.04. The summed E-state index contributed by atoms with van der Waals surface area (Å²) in [6.07, 6.45) is 2.64. The largest absolute Gasteiger partial charge is 0.340 e. The van der Waals surface area contributed by atoms with Crippen LogP contribution in [0, 0.1) is 0 Å². The lowest BCUT2D eigenvalue weighted by molar-refractivity contribution is -0.135. The minimum absolute atomic E-state index is 0.0375. The van der Waals surface area contributed by atoms with E-state index in [9.17, 15) is 9.59 Å². The highest BCUT2D eigenvalue weighted by atomic mass is 79.9. The normalized spacial score (nSPS) is 22.0. The van der Waals surface area contributed by atoms with Gasteiger partial charge in [0.2, 0.25) is 5.91 Å². The number of halogens is 1. The predicted octanol–water partition coefficient (Wildman–Crippen LogP) is 3.39. The van der Waals surface area contributed by atoms with Gasteiger partial charge in [0, 0.05) is 48.3 Å². The van der Waals surface area contributed by atoms with Gasteiger partial charge in [-0.1, -0.05) is 15.9 Å². The summed E-state index contributed by atoms with van der Waals surface area (Å²) in [5.41, 5.74) is 0.767. The van der Waals surface area contributed by atoms with Crippen LogP contribution in [0.5, 0.6) is 0 Å². The van der Waals surface area contributed by atoms with Crippen molar-refractivity contribution in [2.24, 2.45) is 0 Å². The summed E-state index contributed by atoms with van der Waals surface area (Å²) in [6, 6.07) is 7.06. The maximum absolute atomic E-state index is 13.2. The molecule has 1 aromatic rings. The zero-order valence-electron chi connectivity index (χ0n) is 16.6. The molecule has 2 aliphatic heterocycles. The predicted molar refractivity (Wildman–Crippen MR) is 111 cm³/mol. The Kier molecular flexibility index (Phi) is 6.26. The number of hydrogen-bond acceptors (Lipinski definition) is 3. The second-order valence-electron chi connectivity index (χ2n) is 8.50. The lowest BCUT2D eigenvalue weighted by Gasteiger charge is -2.35. The molecule has 0 bridgehead atoms. The third kappa shape index (κ3) is 4.72. The number of carbonyl (C=O) groups is 2. The Bertz CT molecular complexity index is 684. The molecule has 0 spiro atoms. The van der Waals surface area contributed by atoms with E-state index in [1.165, 1.54) is 0 Å². The molecule has 3 rings (SSSR count). The number of benzene rings is 1. The van der Waals surface area contributed by atoms with Crippen molar-refractivity contribution in [1.29, 1.82) is 0 Å². The van der Waals surface area contributed by atoms with Crippen molar-refractivity contribution in [1.82, 2.24) is 14.7 Å². The van der Waals surface area contributed by atoms with Crippen molar-refractivity contribution in [3.63, 3.8) is 0 Å².